The fourth-order valence-corrected chi connectivity index (χ4v) is 3.94. The number of hydrogen-bond acceptors (Lipinski definition) is 4. The van der Waals surface area contributed by atoms with Crippen LogP contribution in [0.15, 0.2) is 72.0 Å². The predicted octanol–water partition coefficient (Wildman–Crippen LogP) is 2.87. The van der Waals surface area contributed by atoms with Gasteiger partial charge in [-0.25, -0.2) is 4.68 Å². The zero-order valence-electron chi connectivity index (χ0n) is 18.2. The minimum absolute atomic E-state index is 0.351. The molecule has 1 aliphatic rings. The number of anilines is 1. The number of guanidine groups is 1. The first-order valence-electron chi connectivity index (χ1n) is 10.7. The van der Waals surface area contributed by atoms with Crippen molar-refractivity contribution in [3.05, 3.63) is 72.6 Å². The van der Waals surface area contributed by atoms with Crippen molar-refractivity contribution in [1.29, 1.82) is 0 Å². The topological polar surface area (TPSA) is 66.7 Å². The highest BCUT2D eigenvalue weighted by molar-refractivity contribution is 5.80. The Balaban J connectivity index is 1.25. The van der Waals surface area contributed by atoms with Crippen molar-refractivity contribution in [2.24, 2.45) is 4.99 Å². The van der Waals surface area contributed by atoms with Crippen molar-refractivity contribution in [3.8, 4) is 11.4 Å². The smallest absolute Gasteiger partial charge is 0.191 e. The number of methoxy groups -OCH3 is 1. The maximum Gasteiger partial charge on any atom is 0.191 e. The molecule has 1 aromatic heterocycles. The van der Waals surface area contributed by atoms with E-state index in [0.717, 1.165) is 55.6 Å². The number of nitrogens with one attached hydrogen (secondary N) is 2. The lowest BCUT2D eigenvalue weighted by Crippen LogP contribution is -2.45. The standard InChI is InChI=1S/C24H30N6O/c1-25-24(26-15-12-19-8-10-21(11-9-19)30-16-5-14-27-30)28-20-13-17-29(18-20)22-6-3-4-7-23(22)31-2/h3-11,14,16,20H,12-13,15,17-18H2,1-2H3,(H2,25,26,28). The molecule has 3 aromatic rings. The van der Waals surface area contributed by atoms with E-state index in [-0.39, 0.29) is 0 Å². The summed E-state index contributed by atoms with van der Waals surface area (Å²) in [6, 6.07) is 19.0. The zero-order valence-corrected chi connectivity index (χ0v) is 18.2. The molecule has 7 nitrogen and oxygen atoms in total. The molecule has 0 radical (unpaired) electrons. The van der Waals surface area contributed by atoms with Crippen LogP contribution in [0.5, 0.6) is 5.75 Å². The fourth-order valence-electron chi connectivity index (χ4n) is 3.94. The van der Waals surface area contributed by atoms with Crippen LogP contribution in [-0.4, -0.2) is 55.6 Å². The van der Waals surface area contributed by atoms with E-state index in [1.807, 2.05) is 36.1 Å². The van der Waals surface area contributed by atoms with Gasteiger partial charge in [0.2, 0.25) is 0 Å². The third-order valence-electron chi connectivity index (χ3n) is 5.59. The molecule has 0 saturated carbocycles. The van der Waals surface area contributed by atoms with Crippen molar-refractivity contribution < 1.29 is 4.74 Å². The minimum Gasteiger partial charge on any atom is -0.495 e. The summed E-state index contributed by atoms with van der Waals surface area (Å²) < 4.78 is 7.38. The summed E-state index contributed by atoms with van der Waals surface area (Å²) >= 11 is 0. The van der Waals surface area contributed by atoms with Crippen LogP contribution in [0, 0.1) is 0 Å². The Bertz CT molecular complexity index is 984. The van der Waals surface area contributed by atoms with Gasteiger partial charge in [-0.05, 0) is 48.7 Å². The molecule has 1 saturated heterocycles. The first-order chi connectivity index (χ1) is 15.3. The predicted molar refractivity (Wildman–Crippen MR) is 125 cm³/mol. The number of aromatic nitrogens is 2. The highest BCUT2D eigenvalue weighted by Crippen LogP contribution is 2.30. The number of para-hydroxylation sites is 2. The maximum atomic E-state index is 5.52. The first-order valence-corrected chi connectivity index (χ1v) is 10.7. The van der Waals surface area contributed by atoms with Crippen molar-refractivity contribution >= 4 is 11.6 Å². The molecule has 0 amide bonds. The van der Waals surface area contributed by atoms with Gasteiger partial charge in [-0.1, -0.05) is 24.3 Å². The van der Waals surface area contributed by atoms with Gasteiger partial charge >= 0.3 is 0 Å². The average molecular weight is 419 g/mol. The van der Waals surface area contributed by atoms with Gasteiger partial charge in [-0.2, -0.15) is 5.10 Å². The monoisotopic (exact) mass is 418 g/mol. The highest BCUT2D eigenvalue weighted by Gasteiger charge is 2.25. The molecule has 0 aliphatic carbocycles. The second-order valence-electron chi connectivity index (χ2n) is 7.61. The summed E-state index contributed by atoms with van der Waals surface area (Å²) in [5, 5.41) is 11.3. The fraction of sp³-hybridized carbons (Fsp3) is 0.333. The Kier molecular flexibility index (Phi) is 6.72. The molecule has 1 fully saturated rings. The van der Waals surface area contributed by atoms with E-state index >= 15 is 0 Å². The molecular formula is C24H30N6O. The van der Waals surface area contributed by atoms with E-state index in [9.17, 15) is 0 Å². The van der Waals surface area contributed by atoms with Crippen LogP contribution in [0.4, 0.5) is 5.69 Å². The summed E-state index contributed by atoms with van der Waals surface area (Å²) in [6.07, 6.45) is 5.73. The van der Waals surface area contributed by atoms with E-state index in [2.05, 4.69) is 62.0 Å². The summed E-state index contributed by atoms with van der Waals surface area (Å²) in [7, 11) is 3.54. The lowest BCUT2D eigenvalue weighted by atomic mass is 10.1. The summed E-state index contributed by atoms with van der Waals surface area (Å²) in [5.41, 5.74) is 3.50. The van der Waals surface area contributed by atoms with Crippen LogP contribution >= 0.6 is 0 Å². The summed E-state index contributed by atoms with van der Waals surface area (Å²) in [5.74, 6) is 1.77. The molecular weight excluding hydrogens is 388 g/mol. The first kappa shape index (κ1) is 20.8. The van der Waals surface area contributed by atoms with Gasteiger partial charge in [-0.15, -0.1) is 0 Å². The van der Waals surface area contributed by atoms with Gasteiger partial charge in [0.25, 0.3) is 0 Å². The number of nitrogens with zero attached hydrogens (tertiary/aromatic N) is 4. The van der Waals surface area contributed by atoms with Gasteiger partial charge in [0, 0.05) is 45.1 Å². The highest BCUT2D eigenvalue weighted by atomic mass is 16.5. The van der Waals surface area contributed by atoms with Crippen LogP contribution in [0.25, 0.3) is 5.69 Å². The molecule has 2 N–H and O–H groups in total. The molecule has 1 unspecified atom stereocenters. The van der Waals surface area contributed by atoms with Crippen molar-refractivity contribution in [2.45, 2.75) is 18.9 Å². The number of rotatable bonds is 7. The molecule has 2 heterocycles. The normalized spacial score (nSPS) is 16.4. The lowest BCUT2D eigenvalue weighted by Gasteiger charge is -2.22. The Morgan fingerprint density at radius 3 is 2.74 bits per heavy atom. The van der Waals surface area contributed by atoms with Crippen molar-refractivity contribution in [2.75, 3.05) is 38.7 Å². The Morgan fingerprint density at radius 1 is 1.16 bits per heavy atom. The molecule has 0 spiro atoms. The molecule has 7 heteroatoms. The number of benzene rings is 2. The van der Waals surface area contributed by atoms with Crippen LogP contribution < -0.4 is 20.3 Å². The average Bonchev–Trinajstić information content (AvgIpc) is 3.51. The van der Waals surface area contributed by atoms with E-state index in [0.29, 0.717) is 6.04 Å². The van der Waals surface area contributed by atoms with E-state index < -0.39 is 0 Å². The number of hydrogen-bond donors (Lipinski definition) is 2. The van der Waals surface area contributed by atoms with E-state index in [1.54, 1.807) is 13.3 Å². The Labute approximate surface area is 183 Å². The SMILES string of the molecule is CN=C(NCCc1ccc(-n2cccn2)cc1)NC1CCN(c2ccccc2OC)C1. The van der Waals surface area contributed by atoms with Crippen LogP contribution in [-0.2, 0) is 6.42 Å². The largest absolute Gasteiger partial charge is 0.495 e. The third-order valence-corrected chi connectivity index (χ3v) is 5.59. The van der Waals surface area contributed by atoms with Gasteiger partial charge < -0.3 is 20.3 Å². The van der Waals surface area contributed by atoms with Crippen LogP contribution in [0.3, 0.4) is 0 Å². The summed E-state index contributed by atoms with van der Waals surface area (Å²) in [6.45, 7) is 2.75. The molecule has 2 aromatic carbocycles. The number of ether oxygens (including phenoxy) is 1. The van der Waals surface area contributed by atoms with Crippen molar-refractivity contribution in [3.63, 3.8) is 0 Å². The van der Waals surface area contributed by atoms with Gasteiger partial charge in [0.1, 0.15) is 5.75 Å². The second kappa shape index (κ2) is 10.0. The van der Waals surface area contributed by atoms with Gasteiger partial charge in [-0.3, -0.25) is 4.99 Å². The molecule has 0 bridgehead atoms. The Hall–Kier alpha value is -3.48. The van der Waals surface area contributed by atoms with Crippen LogP contribution in [0.2, 0.25) is 0 Å². The second-order valence-corrected chi connectivity index (χ2v) is 7.61. The quantitative estimate of drug-likeness (QED) is 0.456. The third kappa shape index (κ3) is 5.17. The molecule has 162 valence electrons. The van der Waals surface area contributed by atoms with Gasteiger partial charge in [0.15, 0.2) is 5.96 Å². The minimum atomic E-state index is 0.351. The maximum absolute atomic E-state index is 5.52. The Morgan fingerprint density at radius 2 is 2.00 bits per heavy atom. The molecule has 4 rings (SSSR count). The summed E-state index contributed by atoms with van der Waals surface area (Å²) in [4.78, 5) is 6.77. The van der Waals surface area contributed by atoms with Gasteiger partial charge in [0.05, 0.1) is 18.5 Å². The van der Waals surface area contributed by atoms with E-state index in [1.165, 1.54) is 5.56 Å². The number of aliphatic imine (C=N–C) groups is 1. The molecule has 31 heavy (non-hydrogen) atoms. The molecule has 1 atom stereocenters. The molecule has 1 aliphatic heterocycles. The van der Waals surface area contributed by atoms with E-state index in [4.69, 9.17) is 4.74 Å². The lowest BCUT2D eigenvalue weighted by molar-refractivity contribution is 0.415. The zero-order chi connectivity index (χ0) is 21.5. The van der Waals surface area contributed by atoms with Crippen molar-refractivity contribution in [1.82, 2.24) is 20.4 Å². The van der Waals surface area contributed by atoms with Crippen LogP contribution in [0.1, 0.15) is 12.0 Å².